The number of ether oxygens (including phenoxy) is 2. The van der Waals surface area contributed by atoms with Crippen LogP contribution in [0.3, 0.4) is 0 Å². The Morgan fingerprint density at radius 2 is 1.93 bits per heavy atom. The molecule has 0 aliphatic carbocycles. The normalized spacial score (nSPS) is 16.5. The summed E-state index contributed by atoms with van der Waals surface area (Å²) >= 11 is 0. The minimum atomic E-state index is -0.558. The van der Waals surface area contributed by atoms with E-state index in [0.717, 1.165) is 24.0 Å². The molecule has 1 N–H and O–H groups in total. The number of hydrogen-bond acceptors (Lipinski definition) is 6. The van der Waals surface area contributed by atoms with Crippen molar-refractivity contribution < 1.29 is 23.5 Å². The Hall–Kier alpha value is -2.48. The maximum atomic E-state index is 13.3. The Morgan fingerprint density at radius 1 is 1.15 bits per heavy atom. The van der Waals surface area contributed by atoms with Crippen LogP contribution in [0, 0.1) is 5.82 Å². The molecule has 1 atom stereocenters. The topological polar surface area (TPSA) is 68.0 Å². The number of nitrogens with zero attached hydrogens (tertiary/aromatic N) is 2. The Kier molecular flexibility index (Phi) is 5.33. The summed E-state index contributed by atoms with van der Waals surface area (Å²) in [4.78, 5) is 2.17. The number of halogens is 1. The quantitative estimate of drug-likeness (QED) is 0.718. The molecule has 7 heteroatoms. The van der Waals surface area contributed by atoms with Crippen LogP contribution in [-0.2, 0) is 4.74 Å². The van der Waals surface area contributed by atoms with Crippen LogP contribution in [0.5, 0.6) is 5.75 Å². The van der Waals surface area contributed by atoms with E-state index in [-0.39, 0.29) is 12.4 Å². The number of aliphatic hydroxyl groups excluding tert-OH is 1. The third-order valence-electron chi connectivity index (χ3n) is 4.58. The lowest BCUT2D eigenvalue weighted by molar-refractivity contribution is 0.00466. The Bertz CT molecular complexity index is 891. The molecule has 1 fully saturated rings. The molecule has 1 aromatic heterocycles. The third-order valence-corrected chi connectivity index (χ3v) is 4.58. The van der Waals surface area contributed by atoms with Gasteiger partial charge in [-0.15, -0.1) is 0 Å². The van der Waals surface area contributed by atoms with Crippen LogP contribution in [0.25, 0.3) is 22.2 Å². The molecule has 142 valence electrons. The van der Waals surface area contributed by atoms with Crippen molar-refractivity contribution >= 4 is 11.0 Å². The molecule has 6 nitrogen and oxygen atoms in total. The van der Waals surface area contributed by atoms with Gasteiger partial charge < -0.3 is 19.1 Å². The number of benzene rings is 2. The number of fused-ring (bicyclic) bond motifs is 1. The van der Waals surface area contributed by atoms with Gasteiger partial charge in [0, 0.05) is 36.7 Å². The van der Waals surface area contributed by atoms with Crippen molar-refractivity contribution in [2.75, 3.05) is 39.5 Å². The number of morpholine rings is 1. The summed E-state index contributed by atoms with van der Waals surface area (Å²) in [6.07, 6.45) is -0.558. The molecular formula is C20H21FN2O4. The van der Waals surface area contributed by atoms with Crippen LogP contribution in [-0.4, -0.2) is 60.7 Å². The molecule has 27 heavy (non-hydrogen) atoms. The fourth-order valence-electron chi connectivity index (χ4n) is 3.16. The highest BCUT2D eigenvalue weighted by molar-refractivity contribution is 5.91. The van der Waals surface area contributed by atoms with Crippen LogP contribution in [0.2, 0.25) is 0 Å². The van der Waals surface area contributed by atoms with Crippen molar-refractivity contribution in [3.8, 4) is 17.0 Å². The van der Waals surface area contributed by atoms with E-state index < -0.39 is 6.10 Å². The highest BCUT2D eigenvalue weighted by Gasteiger charge is 2.16. The third kappa shape index (κ3) is 4.27. The van der Waals surface area contributed by atoms with Gasteiger partial charge >= 0.3 is 0 Å². The Balaban J connectivity index is 1.37. The van der Waals surface area contributed by atoms with Crippen molar-refractivity contribution in [1.82, 2.24) is 10.1 Å². The van der Waals surface area contributed by atoms with Crippen LogP contribution in [0.15, 0.2) is 47.0 Å². The van der Waals surface area contributed by atoms with Crippen molar-refractivity contribution in [3.05, 3.63) is 48.3 Å². The van der Waals surface area contributed by atoms with Crippen LogP contribution in [0.4, 0.5) is 4.39 Å². The maximum Gasteiger partial charge on any atom is 0.170 e. The van der Waals surface area contributed by atoms with Gasteiger partial charge in [0.15, 0.2) is 5.58 Å². The second-order valence-corrected chi connectivity index (χ2v) is 6.57. The van der Waals surface area contributed by atoms with Crippen molar-refractivity contribution in [2.24, 2.45) is 0 Å². The lowest BCUT2D eigenvalue weighted by atomic mass is 10.1. The number of aromatic nitrogens is 1. The van der Waals surface area contributed by atoms with Gasteiger partial charge in [-0.05, 0) is 36.4 Å². The predicted molar refractivity (Wildman–Crippen MR) is 98.2 cm³/mol. The van der Waals surface area contributed by atoms with Gasteiger partial charge in [0.1, 0.15) is 30.0 Å². The van der Waals surface area contributed by atoms with Crippen LogP contribution < -0.4 is 4.74 Å². The smallest absolute Gasteiger partial charge is 0.170 e. The van der Waals surface area contributed by atoms with Gasteiger partial charge in [0.25, 0.3) is 0 Å². The van der Waals surface area contributed by atoms with Crippen molar-refractivity contribution in [3.63, 3.8) is 0 Å². The standard InChI is InChI=1S/C20H21FN2O4/c21-15-3-6-18-19(11-15)27-22-20(18)14-1-4-17(5-2-14)26-13-16(24)12-23-7-9-25-10-8-23/h1-6,11,16,24H,7-10,12-13H2/t16-/m0/s1. The van der Waals surface area contributed by atoms with Crippen LogP contribution >= 0.6 is 0 Å². The predicted octanol–water partition coefficient (Wildman–Crippen LogP) is 2.71. The highest BCUT2D eigenvalue weighted by Crippen LogP contribution is 2.29. The fourth-order valence-corrected chi connectivity index (χ4v) is 3.16. The van der Waals surface area contributed by atoms with Gasteiger partial charge in [0.2, 0.25) is 0 Å². The molecule has 1 aliphatic rings. The van der Waals surface area contributed by atoms with Gasteiger partial charge in [-0.3, -0.25) is 4.90 Å². The molecule has 0 spiro atoms. The largest absolute Gasteiger partial charge is 0.491 e. The zero-order valence-electron chi connectivity index (χ0n) is 14.8. The molecule has 0 amide bonds. The molecule has 2 aromatic carbocycles. The summed E-state index contributed by atoms with van der Waals surface area (Å²) in [6.45, 7) is 3.88. The van der Waals surface area contributed by atoms with Gasteiger partial charge in [-0.25, -0.2) is 4.39 Å². The lowest BCUT2D eigenvalue weighted by Gasteiger charge is -2.28. The molecule has 1 aliphatic heterocycles. The van der Waals surface area contributed by atoms with E-state index in [4.69, 9.17) is 14.0 Å². The summed E-state index contributed by atoms with van der Waals surface area (Å²) < 4.78 is 29.4. The summed E-state index contributed by atoms with van der Waals surface area (Å²) in [5.74, 6) is 0.309. The molecule has 0 bridgehead atoms. The van der Waals surface area contributed by atoms with E-state index in [1.54, 1.807) is 6.07 Å². The number of β-amino-alcohol motifs (C(OH)–C–C–N with tert-alkyl or cyclic N) is 1. The first-order valence-corrected chi connectivity index (χ1v) is 8.95. The van der Waals surface area contributed by atoms with E-state index in [0.29, 0.717) is 36.8 Å². The monoisotopic (exact) mass is 372 g/mol. The zero-order valence-corrected chi connectivity index (χ0v) is 14.8. The average Bonchev–Trinajstić information content (AvgIpc) is 3.10. The molecule has 0 saturated carbocycles. The molecule has 0 unspecified atom stereocenters. The summed E-state index contributed by atoms with van der Waals surface area (Å²) in [5, 5.41) is 14.9. The first-order valence-electron chi connectivity index (χ1n) is 8.95. The van der Waals surface area contributed by atoms with E-state index in [2.05, 4.69) is 10.1 Å². The van der Waals surface area contributed by atoms with E-state index in [9.17, 15) is 9.50 Å². The Labute approximate surface area is 156 Å². The lowest BCUT2D eigenvalue weighted by Crippen LogP contribution is -2.42. The molecular weight excluding hydrogens is 351 g/mol. The van der Waals surface area contributed by atoms with E-state index in [1.165, 1.54) is 12.1 Å². The second-order valence-electron chi connectivity index (χ2n) is 6.57. The number of rotatable bonds is 6. The fraction of sp³-hybridized carbons (Fsp3) is 0.350. The maximum absolute atomic E-state index is 13.3. The highest BCUT2D eigenvalue weighted by atomic mass is 19.1. The molecule has 3 aromatic rings. The van der Waals surface area contributed by atoms with Gasteiger partial charge in [-0.2, -0.15) is 0 Å². The number of hydrogen-bond donors (Lipinski definition) is 1. The average molecular weight is 372 g/mol. The van der Waals surface area contributed by atoms with E-state index in [1.807, 2.05) is 24.3 Å². The zero-order chi connectivity index (χ0) is 18.6. The van der Waals surface area contributed by atoms with E-state index >= 15 is 0 Å². The summed E-state index contributed by atoms with van der Waals surface area (Å²) in [6, 6.07) is 11.7. The minimum absolute atomic E-state index is 0.225. The minimum Gasteiger partial charge on any atom is -0.491 e. The molecule has 2 heterocycles. The Morgan fingerprint density at radius 3 is 2.70 bits per heavy atom. The van der Waals surface area contributed by atoms with Crippen molar-refractivity contribution in [2.45, 2.75) is 6.10 Å². The molecule has 1 saturated heterocycles. The molecule has 4 rings (SSSR count). The first-order chi connectivity index (χ1) is 13.2. The van der Waals surface area contributed by atoms with Crippen molar-refractivity contribution in [1.29, 1.82) is 0 Å². The van der Waals surface area contributed by atoms with Crippen LogP contribution in [0.1, 0.15) is 0 Å². The SMILES string of the molecule is O[C@H](COc1ccc(-c2noc3cc(F)ccc23)cc1)CN1CCOCC1. The first kappa shape index (κ1) is 17.9. The second kappa shape index (κ2) is 8.04. The summed E-state index contributed by atoms with van der Waals surface area (Å²) in [5.41, 5.74) is 1.92. The summed E-state index contributed by atoms with van der Waals surface area (Å²) in [7, 11) is 0. The van der Waals surface area contributed by atoms with Gasteiger partial charge in [-0.1, -0.05) is 5.16 Å². The van der Waals surface area contributed by atoms with Gasteiger partial charge in [0.05, 0.1) is 13.2 Å². The molecule has 0 radical (unpaired) electrons. The number of aliphatic hydroxyl groups is 1.